The van der Waals surface area contributed by atoms with E-state index >= 15 is 0 Å². The van der Waals surface area contributed by atoms with Crippen LogP contribution in [0.2, 0.25) is 0 Å². The number of carbonyl (C=O) groups excluding carboxylic acids is 2. The zero-order chi connectivity index (χ0) is 15.0. The predicted molar refractivity (Wildman–Crippen MR) is 79.7 cm³/mol. The van der Waals surface area contributed by atoms with Crippen molar-refractivity contribution in [1.29, 1.82) is 0 Å². The maximum absolute atomic E-state index is 11.8. The van der Waals surface area contributed by atoms with E-state index in [0.29, 0.717) is 25.2 Å². The molecule has 0 heterocycles. The van der Waals surface area contributed by atoms with Crippen molar-refractivity contribution in [2.24, 2.45) is 0 Å². The van der Waals surface area contributed by atoms with Crippen molar-refractivity contribution in [3.8, 4) is 0 Å². The highest BCUT2D eigenvalue weighted by molar-refractivity contribution is 5.94. The summed E-state index contributed by atoms with van der Waals surface area (Å²) in [7, 11) is 0. The van der Waals surface area contributed by atoms with Crippen molar-refractivity contribution in [2.45, 2.75) is 26.8 Å². The van der Waals surface area contributed by atoms with Crippen LogP contribution in [0.3, 0.4) is 0 Å². The normalized spacial score (nSPS) is 10.4. The third-order valence-electron chi connectivity index (χ3n) is 2.72. The average molecular weight is 277 g/mol. The number of nitrogens with one attached hydrogen (secondary N) is 3. The SMILES string of the molecule is Cc1ccc(C(=O)NCCNC(=O)CNC(C)C)cc1. The standard InChI is InChI=1S/C15H23N3O2/c1-11(2)18-10-14(19)16-8-9-17-15(20)13-6-4-12(3)5-7-13/h4-7,11,18H,8-10H2,1-3H3,(H,16,19)(H,17,20). The van der Waals surface area contributed by atoms with E-state index in [1.165, 1.54) is 0 Å². The number of benzene rings is 1. The van der Waals surface area contributed by atoms with Crippen LogP contribution in [0.15, 0.2) is 24.3 Å². The van der Waals surface area contributed by atoms with Crippen molar-refractivity contribution in [3.63, 3.8) is 0 Å². The number of aryl methyl sites for hydroxylation is 1. The van der Waals surface area contributed by atoms with Gasteiger partial charge in [-0.2, -0.15) is 0 Å². The van der Waals surface area contributed by atoms with Gasteiger partial charge >= 0.3 is 0 Å². The van der Waals surface area contributed by atoms with Gasteiger partial charge in [-0.05, 0) is 19.1 Å². The van der Waals surface area contributed by atoms with Crippen LogP contribution in [0.5, 0.6) is 0 Å². The number of carbonyl (C=O) groups is 2. The average Bonchev–Trinajstić information content (AvgIpc) is 2.42. The van der Waals surface area contributed by atoms with Gasteiger partial charge in [0.2, 0.25) is 5.91 Å². The fraction of sp³-hybridized carbons (Fsp3) is 0.467. The van der Waals surface area contributed by atoms with Crippen molar-refractivity contribution >= 4 is 11.8 Å². The summed E-state index contributed by atoms with van der Waals surface area (Å²) in [6.45, 7) is 7.08. The number of amides is 2. The molecular formula is C15H23N3O2. The van der Waals surface area contributed by atoms with E-state index in [9.17, 15) is 9.59 Å². The Morgan fingerprint density at radius 2 is 1.65 bits per heavy atom. The minimum atomic E-state index is -0.125. The van der Waals surface area contributed by atoms with Crippen LogP contribution in [0.1, 0.15) is 29.8 Å². The first kappa shape index (κ1) is 16.2. The Morgan fingerprint density at radius 1 is 1.05 bits per heavy atom. The summed E-state index contributed by atoms with van der Waals surface area (Å²) in [5.74, 6) is -0.192. The number of hydrogen-bond acceptors (Lipinski definition) is 3. The lowest BCUT2D eigenvalue weighted by Gasteiger charge is -2.09. The van der Waals surface area contributed by atoms with Crippen LogP contribution in [0, 0.1) is 6.92 Å². The molecule has 110 valence electrons. The van der Waals surface area contributed by atoms with Crippen LogP contribution in [-0.2, 0) is 4.79 Å². The Hall–Kier alpha value is -1.88. The Morgan fingerprint density at radius 3 is 2.25 bits per heavy atom. The molecule has 1 aromatic rings. The van der Waals surface area contributed by atoms with Gasteiger partial charge in [0.15, 0.2) is 0 Å². The quantitative estimate of drug-likeness (QED) is 0.647. The van der Waals surface area contributed by atoms with Gasteiger partial charge < -0.3 is 16.0 Å². The molecule has 0 fully saturated rings. The summed E-state index contributed by atoms with van der Waals surface area (Å²) in [6, 6.07) is 7.65. The van der Waals surface area contributed by atoms with Gasteiger partial charge in [-0.1, -0.05) is 31.5 Å². The van der Waals surface area contributed by atoms with E-state index in [2.05, 4.69) is 16.0 Å². The fourth-order valence-electron chi connectivity index (χ4n) is 1.54. The second-order valence-electron chi connectivity index (χ2n) is 5.01. The lowest BCUT2D eigenvalue weighted by atomic mass is 10.1. The molecule has 0 radical (unpaired) electrons. The van der Waals surface area contributed by atoms with Gasteiger partial charge in [-0.25, -0.2) is 0 Å². The highest BCUT2D eigenvalue weighted by Crippen LogP contribution is 2.02. The van der Waals surface area contributed by atoms with E-state index in [1.54, 1.807) is 12.1 Å². The van der Waals surface area contributed by atoms with E-state index < -0.39 is 0 Å². The predicted octanol–water partition coefficient (Wildman–Crippen LogP) is 0.839. The molecule has 0 saturated heterocycles. The molecule has 0 aromatic heterocycles. The monoisotopic (exact) mass is 277 g/mol. The summed E-state index contributed by atoms with van der Waals surface area (Å²) < 4.78 is 0. The lowest BCUT2D eigenvalue weighted by Crippen LogP contribution is -2.40. The third kappa shape index (κ3) is 6.33. The lowest BCUT2D eigenvalue weighted by molar-refractivity contribution is -0.120. The number of hydrogen-bond donors (Lipinski definition) is 3. The van der Waals surface area contributed by atoms with Crippen LogP contribution in [0.25, 0.3) is 0 Å². The van der Waals surface area contributed by atoms with Crippen LogP contribution >= 0.6 is 0 Å². The van der Waals surface area contributed by atoms with Gasteiger partial charge in [0.1, 0.15) is 0 Å². The largest absolute Gasteiger partial charge is 0.353 e. The Balaban J connectivity index is 2.19. The molecule has 1 aromatic carbocycles. The van der Waals surface area contributed by atoms with E-state index in [-0.39, 0.29) is 17.9 Å². The van der Waals surface area contributed by atoms with Crippen molar-refractivity contribution in [2.75, 3.05) is 19.6 Å². The minimum Gasteiger partial charge on any atom is -0.353 e. The zero-order valence-electron chi connectivity index (χ0n) is 12.3. The third-order valence-corrected chi connectivity index (χ3v) is 2.72. The maximum atomic E-state index is 11.8. The molecule has 0 aliphatic rings. The highest BCUT2D eigenvalue weighted by Gasteiger charge is 2.05. The molecule has 2 amide bonds. The second kappa shape index (κ2) is 8.32. The number of rotatable bonds is 7. The Labute approximate surface area is 120 Å². The summed E-state index contributed by atoms with van der Waals surface area (Å²) in [5, 5.41) is 8.53. The Kier molecular flexibility index (Phi) is 6.73. The molecule has 3 N–H and O–H groups in total. The van der Waals surface area contributed by atoms with Gasteiger partial charge in [0.05, 0.1) is 6.54 Å². The van der Waals surface area contributed by atoms with Gasteiger partial charge in [0, 0.05) is 24.7 Å². The molecule has 0 spiro atoms. The van der Waals surface area contributed by atoms with Gasteiger partial charge in [-0.3, -0.25) is 9.59 Å². The van der Waals surface area contributed by atoms with Crippen LogP contribution < -0.4 is 16.0 Å². The minimum absolute atomic E-state index is 0.0664. The summed E-state index contributed by atoms with van der Waals surface area (Å²) in [5.41, 5.74) is 1.75. The highest BCUT2D eigenvalue weighted by atomic mass is 16.2. The molecule has 0 atom stereocenters. The summed E-state index contributed by atoms with van der Waals surface area (Å²) >= 11 is 0. The maximum Gasteiger partial charge on any atom is 0.251 e. The molecule has 0 saturated carbocycles. The fourth-order valence-corrected chi connectivity index (χ4v) is 1.54. The topological polar surface area (TPSA) is 70.2 Å². The molecular weight excluding hydrogens is 254 g/mol. The van der Waals surface area contributed by atoms with Crippen molar-refractivity contribution in [3.05, 3.63) is 35.4 Å². The van der Waals surface area contributed by atoms with E-state index in [1.807, 2.05) is 32.9 Å². The molecule has 0 bridgehead atoms. The molecule has 5 nitrogen and oxygen atoms in total. The first-order chi connectivity index (χ1) is 9.49. The molecule has 20 heavy (non-hydrogen) atoms. The molecule has 0 unspecified atom stereocenters. The second-order valence-corrected chi connectivity index (χ2v) is 5.01. The molecule has 0 aliphatic heterocycles. The van der Waals surface area contributed by atoms with Gasteiger partial charge in [0.25, 0.3) is 5.91 Å². The van der Waals surface area contributed by atoms with Crippen LogP contribution in [-0.4, -0.2) is 37.5 Å². The first-order valence-corrected chi connectivity index (χ1v) is 6.84. The Bertz CT molecular complexity index is 441. The van der Waals surface area contributed by atoms with E-state index in [4.69, 9.17) is 0 Å². The zero-order valence-corrected chi connectivity index (χ0v) is 12.3. The smallest absolute Gasteiger partial charge is 0.251 e. The van der Waals surface area contributed by atoms with Gasteiger partial charge in [-0.15, -0.1) is 0 Å². The van der Waals surface area contributed by atoms with Crippen LogP contribution in [0.4, 0.5) is 0 Å². The molecule has 0 aliphatic carbocycles. The first-order valence-electron chi connectivity index (χ1n) is 6.84. The summed E-state index contributed by atoms with van der Waals surface area (Å²) in [6.07, 6.45) is 0. The van der Waals surface area contributed by atoms with Crippen molar-refractivity contribution < 1.29 is 9.59 Å². The van der Waals surface area contributed by atoms with Crippen molar-refractivity contribution in [1.82, 2.24) is 16.0 Å². The molecule has 1 rings (SSSR count). The van der Waals surface area contributed by atoms with E-state index in [0.717, 1.165) is 5.56 Å². The molecule has 5 heteroatoms. The summed E-state index contributed by atoms with van der Waals surface area (Å²) in [4.78, 5) is 23.2.